The Bertz CT molecular complexity index is 1200. The quantitative estimate of drug-likeness (QED) is 0.654. The number of carbonyl (C=O) groups is 2. The van der Waals surface area contributed by atoms with E-state index < -0.39 is 34.9 Å². The van der Waals surface area contributed by atoms with Crippen molar-refractivity contribution in [2.45, 2.75) is 13.3 Å². The molecule has 1 N–H and O–H groups in total. The van der Waals surface area contributed by atoms with Crippen LogP contribution in [0.1, 0.15) is 28.5 Å². The van der Waals surface area contributed by atoms with Crippen LogP contribution in [0.5, 0.6) is 0 Å². The highest BCUT2D eigenvalue weighted by Gasteiger charge is 2.28. The number of esters is 1. The largest absolute Gasteiger partial charge is 0.462 e. The number of nitrogens with one attached hydrogen (secondary N) is 1. The van der Waals surface area contributed by atoms with E-state index in [-0.39, 0.29) is 18.7 Å². The van der Waals surface area contributed by atoms with Gasteiger partial charge in [-0.2, -0.15) is 0 Å². The average Bonchev–Trinajstić information content (AvgIpc) is 2.95. The summed E-state index contributed by atoms with van der Waals surface area (Å²) in [6.45, 7) is 1.85. The molecule has 1 aliphatic heterocycles. The highest BCUT2D eigenvalue weighted by atomic mass is 19.1. The van der Waals surface area contributed by atoms with Gasteiger partial charge in [-0.1, -0.05) is 0 Å². The molecule has 0 aliphatic carbocycles. The van der Waals surface area contributed by atoms with Crippen molar-refractivity contribution >= 4 is 28.4 Å². The summed E-state index contributed by atoms with van der Waals surface area (Å²) in [5.74, 6) is -3.52. The van der Waals surface area contributed by atoms with E-state index in [0.717, 1.165) is 23.1 Å². The van der Waals surface area contributed by atoms with E-state index in [2.05, 4.69) is 4.98 Å². The van der Waals surface area contributed by atoms with Gasteiger partial charge in [-0.3, -0.25) is 4.79 Å². The van der Waals surface area contributed by atoms with Gasteiger partial charge >= 0.3 is 5.97 Å². The van der Waals surface area contributed by atoms with Crippen LogP contribution in [0.4, 0.5) is 13.2 Å². The Labute approximate surface area is 169 Å². The van der Waals surface area contributed by atoms with Gasteiger partial charge in [-0.05, 0) is 55.3 Å². The minimum atomic E-state index is -0.865. The molecular formula is C22H17F3N2O3. The van der Waals surface area contributed by atoms with Crippen molar-refractivity contribution in [3.05, 3.63) is 76.9 Å². The number of aromatic amines is 1. The lowest BCUT2D eigenvalue weighted by Gasteiger charge is -2.18. The molecule has 154 valence electrons. The first kappa shape index (κ1) is 19.8. The molecule has 1 aromatic heterocycles. The molecule has 0 bridgehead atoms. The second-order valence-corrected chi connectivity index (χ2v) is 6.80. The summed E-state index contributed by atoms with van der Waals surface area (Å²) in [4.78, 5) is 29.7. The fraction of sp³-hybridized carbons (Fsp3) is 0.182. The topological polar surface area (TPSA) is 62.4 Å². The van der Waals surface area contributed by atoms with E-state index in [4.69, 9.17) is 4.74 Å². The predicted octanol–water partition coefficient (Wildman–Crippen LogP) is 4.19. The van der Waals surface area contributed by atoms with Crippen molar-refractivity contribution in [2.75, 3.05) is 13.2 Å². The Kier molecular flexibility index (Phi) is 5.07. The van der Waals surface area contributed by atoms with Gasteiger partial charge in [-0.25, -0.2) is 18.0 Å². The second-order valence-electron chi connectivity index (χ2n) is 6.80. The third-order valence-corrected chi connectivity index (χ3v) is 4.94. The van der Waals surface area contributed by atoms with Gasteiger partial charge in [-0.15, -0.1) is 0 Å². The summed E-state index contributed by atoms with van der Waals surface area (Å²) in [6, 6.07) is 6.83. The Balaban J connectivity index is 1.82. The van der Waals surface area contributed by atoms with Gasteiger partial charge in [0.25, 0.3) is 5.91 Å². The van der Waals surface area contributed by atoms with Crippen molar-refractivity contribution in [1.82, 2.24) is 9.88 Å². The van der Waals surface area contributed by atoms with Gasteiger partial charge in [0.2, 0.25) is 0 Å². The number of nitrogens with zero attached hydrogens (tertiary/aromatic N) is 1. The summed E-state index contributed by atoms with van der Waals surface area (Å²) >= 11 is 0. The number of H-pyrrole nitrogens is 1. The SMILES string of the molecule is CCOC(=O)C1=CN(C(=O)c2cc(F)ccc2F)CCc2c1[nH]c1cc(F)ccc21. The molecule has 1 aliphatic rings. The number of fused-ring (bicyclic) bond motifs is 3. The zero-order valence-corrected chi connectivity index (χ0v) is 16.0. The summed E-state index contributed by atoms with van der Waals surface area (Å²) in [7, 11) is 0. The number of ether oxygens (including phenoxy) is 1. The molecule has 30 heavy (non-hydrogen) atoms. The van der Waals surface area contributed by atoms with Crippen LogP contribution in [0.3, 0.4) is 0 Å². The van der Waals surface area contributed by atoms with E-state index in [1.54, 1.807) is 13.0 Å². The lowest BCUT2D eigenvalue weighted by Crippen LogP contribution is -2.29. The normalized spacial score (nSPS) is 13.6. The van der Waals surface area contributed by atoms with Gasteiger partial charge in [0.05, 0.1) is 23.4 Å². The third kappa shape index (κ3) is 3.45. The minimum Gasteiger partial charge on any atom is -0.462 e. The molecule has 5 nitrogen and oxygen atoms in total. The maximum atomic E-state index is 14.1. The third-order valence-electron chi connectivity index (χ3n) is 4.94. The number of amides is 1. The van der Waals surface area contributed by atoms with E-state index in [1.165, 1.54) is 18.3 Å². The molecule has 8 heteroatoms. The average molecular weight is 414 g/mol. The first-order valence-electron chi connectivity index (χ1n) is 9.34. The van der Waals surface area contributed by atoms with Crippen molar-refractivity contribution in [3.63, 3.8) is 0 Å². The lowest BCUT2D eigenvalue weighted by molar-refractivity contribution is -0.136. The molecule has 0 fully saturated rings. The summed E-state index contributed by atoms with van der Waals surface area (Å²) < 4.78 is 46.5. The van der Waals surface area contributed by atoms with Crippen LogP contribution in [0.25, 0.3) is 16.5 Å². The molecule has 1 amide bonds. The number of benzene rings is 2. The first-order chi connectivity index (χ1) is 14.4. The van der Waals surface area contributed by atoms with Crippen LogP contribution in [0.15, 0.2) is 42.6 Å². The maximum Gasteiger partial charge on any atom is 0.341 e. The molecule has 0 spiro atoms. The molecular weight excluding hydrogens is 397 g/mol. The molecule has 0 radical (unpaired) electrons. The van der Waals surface area contributed by atoms with Crippen molar-refractivity contribution in [3.8, 4) is 0 Å². The van der Waals surface area contributed by atoms with Crippen LogP contribution in [0.2, 0.25) is 0 Å². The second kappa shape index (κ2) is 7.70. The van der Waals surface area contributed by atoms with Gasteiger partial charge < -0.3 is 14.6 Å². The molecule has 2 heterocycles. The van der Waals surface area contributed by atoms with Gasteiger partial charge in [0.15, 0.2) is 0 Å². The molecule has 0 saturated heterocycles. The predicted molar refractivity (Wildman–Crippen MR) is 104 cm³/mol. The molecule has 4 rings (SSSR count). The molecule has 0 atom stereocenters. The standard InChI is InChI=1S/C22H17F3N2O3/c1-2-30-22(29)17-11-27(21(28)16-9-12(23)4-6-18(16)25)8-7-15-14-5-3-13(24)10-19(14)26-20(15)17/h3-6,9-11,26H,2,7-8H2,1H3. The Hall–Kier alpha value is -3.55. The fourth-order valence-electron chi connectivity index (χ4n) is 3.57. The summed E-state index contributed by atoms with van der Waals surface area (Å²) in [6.07, 6.45) is 1.57. The highest BCUT2D eigenvalue weighted by Crippen LogP contribution is 2.32. The number of hydrogen-bond donors (Lipinski definition) is 1. The highest BCUT2D eigenvalue weighted by molar-refractivity contribution is 6.18. The maximum absolute atomic E-state index is 14.1. The minimum absolute atomic E-state index is 0.0473. The van der Waals surface area contributed by atoms with Crippen molar-refractivity contribution in [2.24, 2.45) is 0 Å². The number of halogens is 3. The fourth-order valence-corrected chi connectivity index (χ4v) is 3.57. The van der Waals surface area contributed by atoms with Crippen molar-refractivity contribution in [1.29, 1.82) is 0 Å². The monoisotopic (exact) mass is 414 g/mol. The van der Waals surface area contributed by atoms with Crippen LogP contribution in [-0.2, 0) is 16.0 Å². The summed E-state index contributed by atoms with van der Waals surface area (Å²) in [5.41, 5.74) is 1.23. The van der Waals surface area contributed by atoms with Crippen LogP contribution in [0, 0.1) is 17.5 Å². The van der Waals surface area contributed by atoms with E-state index in [1.807, 2.05) is 0 Å². The Morgan fingerprint density at radius 2 is 1.83 bits per heavy atom. The first-order valence-corrected chi connectivity index (χ1v) is 9.34. The number of rotatable bonds is 3. The van der Waals surface area contributed by atoms with E-state index in [0.29, 0.717) is 28.6 Å². The zero-order chi connectivity index (χ0) is 21.4. The molecule has 0 unspecified atom stereocenters. The van der Waals surface area contributed by atoms with Gasteiger partial charge in [0.1, 0.15) is 17.5 Å². The molecule has 2 aromatic carbocycles. The zero-order valence-electron chi connectivity index (χ0n) is 16.0. The van der Waals surface area contributed by atoms with Crippen molar-refractivity contribution < 1.29 is 27.5 Å². The van der Waals surface area contributed by atoms with Crippen LogP contribution in [-0.4, -0.2) is 34.9 Å². The smallest absolute Gasteiger partial charge is 0.341 e. The number of aromatic nitrogens is 1. The van der Waals surface area contributed by atoms with Crippen LogP contribution < -0.4 is 0 Å². The number of hydrogen-bond acceptors (Lipinski definition) is 3. The van der Waals surface area contributed by atoms with Gasteiger partial charge in [0, 0.05) is 23.6 Å². The van der Waals surface area contributed by atoms with Crippen LogP contribution >= 0.6 is 0 Å². The lowest BCUT2D eigenvalue weighted by atomic mass is 10.0. The van der Waals surface area contributed by atoms with E-state index >= 15 is 0 Å². The van der Waals surface area contributed by atoms with E-state index in [9.17, 15) is 22.8 Å². The molecule has 3 aromatic rings. The number of carbonyl (C=O) groups excluding carboxylic acids is 2. The Morgan fingerprint density at radius 3 is 2.60 bits per heavy atom. The summed E-state index contributed by atoms with van der Waals surface area (Å²) in [5, 5.41) is 0.702. The Morgan fingerprint density at radius 1 is 1.10 bits per heavy atom. The molecule has 0 saturated carbocycles.